The molecule has 0 bridgehead atoms. The fourth-order valence-electron chi connectivity index (χ4n) is 7.12. The maximum absolute atomic E-state index is 14.0. The van der Waals surface area contributed by atoms with E-state index in [2.05, 4.69) is 27.3 Å². The first kappa shape index (κ1) is 27.6. The number of amides is 1. The summed E-state index contributed by atoms with van der Waals surface area (Å²) in [4.78, 5) is 30.6. The van der Waals surface area contributed by atoms with Crippen molar-refractivity contribution >= 4 is 16.9 Å². The van der Waals surface area contributed by atoms with E-state index in [-0.39, 0.29) is 11.9 Å². The summed E-state index contributed by atoms with van der Waals surface area (Å²) in [6.07, 6.45) is 11.1. The monoisotopic (exact) mass is 600 g/mol. The highest BCUT2D eigenvalue weighted by atomic mass is 16.5. The lowest BCUT2D eigenvalue weighted by molar-refractivity contribution is 0.0639. The van der Waals surface area contributed by atoms with Crippen LogP contribution in [0.15, 0.2) is 47.3 Å². The Balaban J connectivity index is 1.26. The molecule has 3 aliphatic heterocycles. The van der Waals surface area contributed by atoms with Gasteiger partial charge in [0, 0.05) is 61.8 Å². The van der Waals surface area contributed by atoms with Crippen LogP contribution in [0, 0.1) is 24.2 Å². The molecule has 5 aromatic rings. The third-order valence-electron chi connectivity index (χ3n) is 9.39. The Morgan fingerprint density at radius 1 is 1.04 bits per heavy atom. The van der Waals surface area contributed by atoms with Crippen LogP contribution in [0.2, 0.25) is 0 Å². The van der Waals surface area contributed by atoms with Crippen molar-refractivity contribution in [1.29, 1.82) is 5.26 Å². The summed E-state index contributed by atoms with van der Waals surface area (Å²) in [5.74, 6) is 1.40. The number of hydrogen-bond donors (Lipinski definition) is 0. The van der Waals surface area contributed by atoms with Crippen molar-refractivity contribution in [2.24, 2.45) is 5.92 Å². The van der Waals surface area contributed by atoms with E-state index in [0.717, 1.165) is 103 Å². The summed E-state index contributed by atoms with van der Waals surface area (Å²) in [6.45, 7) is 4.61. The zero-order valence-corrected chi connectivity index (χ0v) is 25.1. The van der Waals surface area contributed by atoms with Gasteiger partial charge in [-0.2, -0.15) is 5.26 Å². The number of carbonyl (C=O) groups excluding carboxylic acids is 1. The molecular formula is C34H32N8O3. The molecule has 1 atom stereocenters. The zero-order chi connectivity index (χ0) is 30.5. The molecule has 226 valence electrons. The van der Waals surface area contributed by atoms with E-state index in [9.17, 15) is 4.79 Å². The second-order valence-electron chi connectivity index (χ2n) is 12.2. The Morgan fingerprint density at radius 3 is 2.71 bits per heavy atom. The standard InChI is InChI=1S/C34H32N8O3/c1-20-39-40-33(45-20)29-26(7-5-21-9-13-44-14-10-21)38-31-27-3-2-11-42(27)34(43)30(31)28(29)24-15-23-8-12-41(32(23)37-18-24)19-25-6-4-22(16-35)17-36-25/h4,6,8,12,15,17-18,21,27H,2-3,5,7,9-11,13-14,19H2,1H3/t27-/m1/s1. The van der Waals surface area contributed by atoms with Gasteiger partial charge in [-0.15, -0.1) is 10.2 Å². The lowest BCUT2D eigenvalue weighted by Crippen LogP contribution is -2.23. The quantitative estimate of drug-likeness (QED) is 0.240. The normalized spacial score (nSPS) is 18.0. The number of aromatic nitrogens is 6. The van der Waals surface area contributed by atoms with Gasteiger partial charge < -0.3 is 18.6 Å². The summed E-state index contributed by atoms with van der Waals surface area (Å²) >= 11 is 0. The molecule has 11 nitrogen and oxygen atoms in total. The predicted molar refractivity (Wildman–Crippen MR) is 164 cm³/mol. The molecule has 0 aliphatic carbocycles. The van der Waals surface area contributed by atoms with E-state index in [1.165, 1.54) is 0 Å². The molecule has 8 rings (SSSR count). The van der Waals surface area contributed by atoms with Gasteiger partial charge in [-0.25, -0.2) is 4.98 Å². The Labute approximate surface area is 259 Å². The van der Waals surface area contributed by atoms with Crippen molar-refractivity contribution in [3.8, 4) is 28.7 Å². The summed E-state index contributed by atoms with van der Waals surface area (Å²) < 4.78 is 13.7. The largest absolute Gasteiger partial charge is 0.421 e. The Bertz CT molecular complexity index is 1970. The molecular weight excluding hydrogens is 568 g/mol. The Morgan fingerprint density at radius 2 is 1.93 bits per heavy atom. The molecule has 8 heterocycles. The van der Waals surface area contributed by atoms with Crippen LogP contribution in [-0.4, -0.2) is 60.3 Å². The van der Waals surface area contributed by atoms with Gasteiger partial charge in [0.15, 0.2) is 0 Å². The maximum atomic E-state index is 14.0. The van der Waals surface area contributed by atoms with Gasteiger partial charge in [0.25, 0.3) is 5.91 Å². The number of fused-ring (bicyclic) bond motifs is 4. The number of rotatable bonds is 7. The number of nitriles is 1. The highest BCUT2D eigenvalue weighted by Gasteiger charge is 2.44. The number of nitrogens with zero attached hydrogens (tertiary/aromatic N) is 8. The van der Waals surface area contributed by atoms with E-state index < -0.39 is 0 Å². The summed E-state index contributed by atoms with van der Waals surface area (Å²) in [6, 6.07) is 9.85. The molecule has 0 unspecified atom stereocenters. The highest BCUT2D eigenvalue weighted by Crippen LogP contribution is 2.48. The molecule has 5 aromatic heterocycles. The van der Waals surface area contributed by atoms with E-state index in [1.807, 2.05) is 34.0 Å². The molecule has 0 spiro atoms. The third-order valence-corrected chi connectivity index (χ3v) is 9.39. The van der Waals surface area contributed by atoms with Crippen LogP contribution >= 0.6 is 0 Å². The van der Waals surface area contributed by atoms with Crippen LogP contribution in [0.5, 0.6) is 0 Å². The Hall–Kier alpha value is -4.95. The molecule has 0 saturated carbocycles. The molecule has 0 aromatic carbocycles. The van der Waals surface area contributed by atoms with Crippen LogP contribution < -0.4 is 0 Å². The maximum Gasteiger partial charge on any atom is 0.257 e. The van der Waals surface area contributed by atoms with Gasteiger partial charge in [-0.1, -0.05) is 0 Å². The average molecular weight is 601 g/mol. The van der Waals surface area contributed by atoms with Crippen molar-refractivity contribution in [2.45, 2.75) is 58.0 Å². The van der Waals surface area contributed by atoms with Crippen LogP contribution in [0.1, 0.15) is 77.0 Å². The first-order valence-electron chi connectivity index (χ1n) is 15.6. The summed E-state index contributed by atoms with van der Waals surface area (Å²) in [5, 5.41) is 18.7. The molecule has 3 aliphatic rings. The third kappa shape index (κ3) is 4.86. The molecule has 1 amide bonds. The van der Waals surface area contributed by atoms with Gasteiger partial charge in [0.2, 0.25) is 11.8 Å². The zero-order valence-electron chi connectivity index (χ0n) is 25.1. The van der Waals surface area contributed by atoms with Gasteiger partial charge in [-0.3, -0.25) is 14.8 Å². The van der Waals surface area contributed by atoms with Crippen molar-refractivity contribution < 1.29 is 13.9 Å². The lowest BCUT2D eigenvalue weighted by Gasteiger charge is -2.23. The number of pyridine rings is 3. The molecule has 0 radical (unpaired) electrons. The van der Waals surface area contributed by atoms with E-state index in [1.54, 1.807) is 19.2 Å². The number of hydrogen-bond acceptors (Lipinski definition) is 9. The predicted octanol–water partition coefficient (Wildman–Crippen LogP) is 5.42. The molecule has 11 heteroatoms. The van der Waals surface area contributed by atoms with Gasteiger partial charge in [0.1, 0.15) is 11.7 Å². The van der Waals surface area contributed by atoms with Crippen molar-refractivity contribution in [2.75, 3.05) is 19.8 Å². The minimum absolute atomic E-state index is 0.00743. The van der Waals surface area contributed by atoms with Crippen LogP contribution in [-0.2, 0) is 17.7 Å². The minimum atomic E-state index is -0.00996. The first-order chi connectivity index (χ1) is 22.1. The van der Waals surface area contributed by atoms with Gasteiger partial charge in [0.05, 0.1) is 46.4 Å². The smallest absolute Gasteiger partial charge is 0.257 e. The number of aryl methyl sites for hydroxylation is 2. The van der Waals surface area contributed by atoms with Crippen LogP contribution in [0.4, 0.5) is 0 Å². The SMILES string of the molecule is Cc1nnc(-c2c(CCC3CCOCC3)nc3c(c2-c2cnc4c(ccn4Cc4ccc(C#N)cn4)c2)C(=O)N2CCC[C@H]32)o1. The van der Waals surface area contributed by atoms with Crippen molar-refractivity contribution in [3.05, 3.63) is 77.0 Å². The van der Waals surface area contributed by atoms with Crippen LogP contribution in [0.25, 0.3) is 33.6 Å². The Kier molecular flexibility index (Phi) is 6.87. The summed E-state index contributed by atoms with van der Waals surface area (Å²) in [7, 11) is 0. The molecule has 2 saturated heterocycles. The first-order valence-corrected chi connectivity index (χ1v) is 15.6. The van der Waals surface area contributed by atoms with Gasteiger partial charge in [-0.05, 0) is 68.7 Å². The van der Waals surface area contributed by atoms with E-state index in [4.69, 9.17) is 24.4 Å². The second kappa shape index (κ2) is 11.2. The topological polar surface area (TPSA) is 136 Å². The minimum Gasteiger partial charge on any atom is -0.421 e. The van der Waals surface area contributed by atoms with E-state index in [0.29, 0.717) is 35.4 Å². The van der Waals surface area contributed by atoms with Crippen molar-refractivity contribution in [3.63, 3.8) is 0 Å². The van der Waals surface area contributed by atoms with Gasteiger partial charge >= 0.3 is 0 Å². The second-order valence-corrected chi connectivity index (χ2v) is 12.2. The average Bonchev–Trinajstić information content (AvgIpc) is 3.87. The van der Waals surface area contributed by atoms with E-state index >= 15 is 0 Å². The van der Waals surface area contributed by atoms with Crippen molar-refractivity contribution in [1.82, 2.24) is 34.6 Å². The highest BCUT2D eigenvalue weighted by molar-refractivity contribution is 6.08. The fraction of sp³-hybridized carbons (Fsp3) is 0.382. The lowest BCUT2D eigenvalue weighted by atomic mass is 9.88. The molecule has 2 fully saturated rings. The molecule has 45 heavy (non-hydrogen) atoms. The molecule has 0 N–H and O–H groups in total. The number of carbonyl (C=O) groups is 1. The number of ether oxygens (including phenoxy) is 1. The van der Waals surface area contributed by atoms with Crippen LogP contribution in [0.3, 0.4) is 0 Å². The summed E-state index contributed by atoms with van der Waals surface area (Å²) in [5.41, 5.74) is 6.88. The fourth-order valence-corrected chi connectivity index (χ4v) is 7.12.